The number of pyridine rings is 4. The number of halogens is 2. The average molecular weight is 1820 g/mol. The van der Waals surface area contributed by atoms with Gasteiger partial charge in [-0.05, 0) is 128 Å². The molecule has 0 saturated carbocycles. The summed E-state index contributed by atoms with van der Waals surface area (Å²) in [6.07, 6.45) is 19.4. The van der Waals surface area contributed by atoms with Crippen molar-refractivity contribution >= 4 is 137 Å². The van der Waals surface area contributed by atoms with E-state index >= 15 is 0 Å². The number of likely N-dealkylation sites (N-methyl/N-ethyl adjacent to an activating group) is 1. The number of nitrogens with two attached hydrogens (primary N) is 2. The summed E-state index contributed by atoms with van der Waals surface area (Å²) in [5.41, 5.74) is 22.1. The van der Waals surface area contributed by atoms with Crippen LogP contribution in [-0.4, -0.2) is 208 Å². The van der Waals surface area contributed by atoms with Crippen LogP contribution in [0.2, 0.25) is 0 Å². The van der Waals surface area contributed by atoms with Gasteiger partial charge in [0.15, 0.2) is 23.3 Å². The number of Topliss-reactive ketones (excluding diaryl/α,β-unsaturated/α-hetero) is 4. The summed E-state index contributed by atoms with van der Waals surface area (Å²) in [5, 5.41) is 18.5. The number of hydrogen-bond donors (Lipinski definition) is 11. The van der Waals surface area contributed by atoms with E-state index < -0.39 is 46.8 Å². The molecule has 0 aliphatic carbocycles. The second-order valence-electron chi connectivity index (χ2n) is 33.0. The average Bonchev–Trinajstić information content (AvgIpc) is 1.75. The van der Waals surface area contributed by atoms with Crippen LogP contribution in [-0.2, 0) is 19.2 Å². The lowest BCUT2D eigenvalue weighted by atomic mass is 10.0. The van der Waals surface area contributed by atoms with Gasteiger partial charge in [0.1, 0.15) is 63.2 Å². The number of nitrogens with zero attached hydrogens (tertiary/aromatic N) is 15. The highest BCUT2D eigenvalue weighted by Gasteiger charge is 2.33. The van der Waals surface area contributed by atoms with Crippen LogP contribution in [0.5, 0.6) is 5.75 Å². The van der Waals surface area contributed by atoms with Gasteiger partial charge in [0.2, 0.25) is 0 Å². The number of piperazine rings is 2. The molecule has 2 aliphatic rings. The molecule has 2 aliphatic heterocycles. The van der Waals surface area contributed by atoms with Gasteiger partial charge in [0, 0.05) is 171 Å². The molecule has 2 fully saturated rings. The Morgan fingerprint density at radius 2 is 0.644 bits per heavy atom. The van der Waals surface area contributed by atoms with Crippen LogP contribution >= 0.6 is 0 Å². The number of amides is 4. The van der Waals surface area contributed by atoms with Gasteiger partial charge in [-0.25, -0.2) is 68.6 Å². The zero-order valence-corrected chi connectivity index (χ0v) is 75.3. The smallest absolute Gasteiger partial charge is 0.295 e. The number of aromatic amines is 4. The Bertz CT molecular complexity index is 7130. The number of carbonyl (C=O) groups is 8. The topological polar surface area (TPSA) is 486 Å². The summed E-state index contributed by atoms with van der Waals surface area (Å²) in [7, 11) is 3.60. The summed E-state index contributed by atoms with van der Waals surface area (Å²) in [5.74, 6) is -0.976. The minimum absolute atomic E-state index is 0.105. The van der Waals surface area contributed by atoms with Crippen molar-refractivity contribution in [1.29, 1.82) is 0 Å². The van der Waals surface area contributed by atoms with Crippen LogP contribution in [0.3, 0.4) is 0 Å². The maximum Gasteiger partial charge on any atom is 0.295 e. The highest BCUT2D eigenvalue weighted by molar-refractivity contribution is 6.47. The van der Waals surface area contributed by atoms with Crippen molar-refractivity contribution in [1.82, 2.24) is 99.8 Å². The number of ether oxygens (including phenoxy) is 1. The molecule has 0 atom stereocenters. The van der Waals surface area contributed by atoms with Crippen molar-refractivity contribution in [3.63, 3.8) is 0 Å². The predicted octanol–water partition coefficient (Wildman–Crippen LogP) is 14.7. The summed E-state index contributed by atoms with van der Waals surface area (Å²) in [4.78, 5) is 171. The zero-order chi connectivity index (χ0) is 95.4. The predicted molar refractivity (Wildman–Crippen MR) is 509 cm³/mol. The van der Waals surface area contributed by atoms with Gasteiger partial charge in [-0.2, -0.15) is 0 Å². The van der Waals surface area contributed by atoms with E-state index in [2.05, 4.69) is 91.3 Å². The van der Waals surface area contributed by atoms with Crippen molar-refractivity contribution in [2.24, 2.45) is 11.5 Å². The lowest BCUT2D eigenvalue weighted by Gasteiger charge is -2.31. The molecule has 135 heavy (non-hydrogen) atoms. The fourth-order valence-electron chi connectivity index (χ4n) is 15.3. The normalized spacial score (nSPS) is 12.7. The number of nitrogens with one attached hydrogen (secondary N) is 9. The van der Waals surface area contributed by atoms with Gasteiger partial charge >= 0.3 is 0 Å². The summed E-state index contributed by atoms with van der Waals surface area (Å²) >= 11 is 0. The molecule has 686 valence electrons. The fraction of sp³-hybridized carbons (Fsp3) is 0.224. The second-order valence-corrected chi connectivity index (χ2v) is 33.0. The van der Waals surface area contributed by atoms with E-state index in [1.54, 1.807) is 115 Å². The number of hydrogen-bond acceptors (Lipinski definition) is 27. The lowest BCUT2D eigenvalue weighted by Crippen LogP contribution is -2.49. The molecule has 2 saturated heterocycles. The van der Waals surface area contributed by atoms with Gasteiger partial charge in [-0.3, -0.25) is 38.4 Å². The Hall–Kier alpha value is -16.7. The number of benzene rings is 4. The molecule has 18 rings (SSSR count). The maximum atomic E-state index is 13.4. The SMILES string of the molecule is CC(C)c1cnc(-c2ccc(F)cc2)nc1Nc1ccnc2[nH]cc(C(=O)C(=O)N3CCN(C)CC3)c12.CC(C)c1cnc(-c2ccc(F)cc2)nc1Nc1ccnc2[nH]cc(C(=O)C(=O)N3CCNCC3)c12.CC(C)c1cnc(-c2ccccc2)nc1Nc1ccnc2[nH]cc(C(=O)C(N)=O)c12.COc1ccc(-c2ncc(C(C)C)c(Nc3ccnc4[nH]cc(C(=O)C(N)=O)c34)n2)cc1. The Balaban J connectivity index is 0.000000137. The minimum atomic E-state index is -1.03. The molecule has 12 aromatic heterocycles. The van der Waals surface area contributed by atoms with E-state index in [9.17, 15) is 47.1 Å². The number of anilines is 8. The number of H-pyrrole nitrogens is 4. The summed E-state index contributed by atoms with van der Waals surface area (Å²) < 4.78 is 32.1. The summed E-state index contributed by atoms with van der Waals surface area (Å²) in [6.45, 7) is 21.1. The third-order valence-electron chi connectivity index (χ3n) is 22.7. The van der Waals surface area contributed by atoms with Crippen LogP contribution in [0, 0.1) is 11.6 Å². The highest BCUT2D eigenvalue weighted by Crippen LogP contribution is 2.39. The van der Waals surface area contributed by atoms with Crippen molar-refractivity contribution in [2.75, 3.05) is 87.8 Å². The monoisotopic (exact) mass is 1820 g/mol. The zero-order valence-electron chi connectivity index (χ0n) is 75.3. The summed E-state index contributed by atoms with van der Waals surface area (Å²) in [6, 6.07) is 36.0. The van der Waals surface area contributed by atoms with Crippen LogP contribution in [0.1, 0.15) is 143 Å². The molecule has 0 unspecified atom stereocenters. The molecule has 35 nitrogen and oxygen atoms in total. The fourth-order valence-corrected chi connectivity index (χ4v) is 15.3. The standard InChI is InChI=1S/C27H28FN7O2.C26H26FN7O2.C23H22N6O3.C22H20N6O2/c1-16(2)19-14-30-24(17-4-6-18(28)7-5-17)33-25(19)32-21-8-9-29-26-22(21)20(15-31-26)23(36)27(37)35-12-10-34(3)11-13-35;1-15(2)18-13-30-23(16-3-5-17(27)6-4-16)33-24(18)32-20-7-8-29-25-21(20)19(14-31-25)22(35)26(36)34-11-9-28-10-12-34;1-12(2)15-10-26-21(13-4-6-14(32-3)7-5-13)29-22(15)28-17-8-9-25-23-18(17)16(11-27-23)19(30)20(24)31;1-12(2)14-10-25-20(13-6-4-3-5-7-13)28-21(14)27-16-8-9-24-22-17(16)15(11-26-22)18(29)19(23)30/h4-9,14-16H,10-13H2,1-3H3,(H2,29,30,31,32,33);3-8,13-15,28H,9-12H2,1-2H3,(H2,29,30,31,32,33);4-12H,1-3H3,(H2,24,31)(H2,25,26,27,28,29);3-12H,1-2H3,(H2,23,30)(H2,24,25,26,27,28). The van der Waals surface area contributed by atoms with Gasteiger partial charge in [-0.15, -0.1) is 0 Å². The molecule has 0 spiro atoms. The highest BCUT2D eigenvalue weighted by atomic mass is 19.1. The van der Waals surface area contributed by atoms with Gasteiger partial charge in [-0.1, -0.05) is 85.7 Å². The molecule has 4 aromatic carbocycles. The number of primary amides is 2. The van der Waals surface area contributed by atoms with Gasteiger partial charge < -0.3 is 77.4 Å². The van der Waals surface area contributed by atoms with Crippen molar-refractivity contribution in [3.8, 4) is 51.3 Å². The first-order chi connectivity index (χ1) is 65.1. The maximum absolute atomic E-state index is 13.4. The Kier molecular flexibility index (Phi) is 28.4. The number of ketones is 4. The molecule has 0 bridgehead atoms. The quantitative estimate of drug-likeness (QED) is 0.0187. The number of aromatic nitrogens is 16. The number of methoxy groups -OCH3 is 1. The first kappa shape index (κ1) is 93.0. The second kappa shape index (κ2) is 41.2. The van der Waals surface area contributed by atoms with Gasteiger partial charge in [0.25, 0.3) is 46.8 Å². The van der Waals surface area contributed by atoms with E-state index in [4.69, 9.17) is 36.1 Å². The number of rotatable bonds is 25. The van der Waals surface area contributed by atoms with Crippen molar-refractivity contribution in [3.05, 3.63) is 258 Å². The van der Waals surface area contributed by atoms with E-state index in [0.29, 0.717) is 164 Å². The van der Waals surface area contributed by atoms with Crippen molar-refractivity contribution in [2.45, 2.75) is 79.1 Å². The Morgan fingerprint density at radius 1 is 0.363 bits per heavy atom. The van der Waals surface area contributed by atoms with E-state index in [-0.39, 0.29) is 57.6 Å². The molecule has 14 heterocycles. The molecular formula is C98H96F2N26O9. The first-order valence-electron chi connectivity index (χ1n) is 43.4. The molecule has 13 N–H and O–H groups in total. The molecule has 37 heteroatoms. The van der Waals surface area contributed by atoms with E-state index in [0.717, 1.165) is 52.2 Å². The molecule has 4 amide bonds. The number of fused-ring (bicyclic) bond motifs is 4. The Labute approximate surface area is 772 Å². The van der Waals surface area contributed by atoms with Crippen LogP contribution in [0.4, 0.5) is 54.8 Å². The largest absolute Gasteiger partial charge is 0.497 e. The van der Waals surface area contributed by atoms with Crippen LogP contribution in [0.15, 0.2) is 202 Å². The lowest BCUT2D eigenvalue weighted by molar-refractivity contribution is -0.128. The number of carbonyl (C=O) groups excluding carboxylic acids is 8. The van der Waals surface area contributed by atoms with Crippen LogP contribution in [0.25, 0.3) is 89.7 Å². The first-order valence-corrected chi connectivity index (χ1v) is 43.4. The van der Waals surface area contributed by atoms with E-state index in [1.807, 2.05) is 117 Å². The molecule has 0 radical (unpaired) electrons. The molecular weight excluding hydrogens is 1720 g/mol. The third-order valence-corrected chi connectivity index (χ3v) is 22.7. The van der Waals surface area contributed by atoms with Crippen LogP contribution < -0.4 is 42.8 Å². The minimum Gasteiger partial charge on any atom is -0.497 e. The van der Waals surface area contributed by atoms with Gasteiger partial charge in [0.05, 0.1) is 73.7 Å². The van der Waals surface area contributed by atoms with Crippen molar-refractivity contribution < 1.29 is 51.9 Å². The third kappa shape index (κ3) is 20.9. The Morgan fingerprint density at radius 3 is 0.933 bits per heavy atom. The van der Waals surface area contributed by atoms with E-state index in [1.165, 1.54) is 49.1 Å². The molecule has 16 aromatic rings.